The monoisotopic (exact) mass is 234 g/mol. The third kappa shape index (κ3) is 2.52. The highest BCUT2D eigenvalue weighted by Crippen LogP contribution is 2.31. The molecular weight excluding hydrogens is 216 g/mol. The number of benzene rings is 1. The molecule has 0 aliphatic carbocycles. The van der Waals surface area contributed by atoms with Crippen LogP contribution >= 0.6 is 0 Å². The molecule has 1 aromatic carbocycles. The van der Waals surface area contributed by atoms with Gasteiger partial charge in [-0.1, -0.05) is 13.0 Å². The number of fused-ring (bicyclic) bond motifs is 1. The van der Waals surface area contributed by atoms with E-state index in [1.54, 1.807) is 6.07 Å². The largest absolute Gasteiger partial charge is 0.489 e. The molecule has 1 amide bonds. The molecule has 2 N–H and O–H groups in total. The molecular formula is C13H18N2O2. The average Bonchev–Trinajstić information content (AvgIpc) is 2.37. The summed E-state index contributed by atoms with van der Waals surface area (Å²) in [7, 11) is 0. The van der Waals surface area contributed by atoms with Crippen molar-refractivity contribution < 1.29 is 9.53 Å². The van der Waals surface area contributed by atoms with Gasteiger partial charge in [0.2, 0.25) is 0 Å². The van der Waals surface area contributed by atoms with Gasteiger partial charge in [0, 0.05) is 12.6 Å². The van der Waals surface area contributed by atoms with E-state index in [4.69, 9.17) is 4.74 Å². The number of amides is 1. The van der Waals surface area contributed by atoms with Gasteiger partial charge in [-0.05, 0) is 25.5 Å². The van der Waals surface area contributed by atoms with Gasteiger partial charge in [0.15, 0.2) is 5.75 Å². The lowest BCUT2D eigenvalue weighted by Gasteiger charge is -2.22. The molecule has 0 bridgehead atoms. The Balaban J connectivity index is 2.23. The number of para-hydroxylation sites is 1. The maximum Gasteiger partial charge on any atom is 0.255 e. The molecule has 0 spiro atoms. The van der Waals surface area contributed by atoms with Crippen LogP contribution in [0.2, 0.25) is 0 Å². The Bertz CT molecular complexity index is 418. The van der Waals surface area contributed by atoms with Crippen molar-refractivity contribution in [2.45, 2.75) is 26.3 Å². The zero-order valence-corrected chi connectivity index (χ0v) is 10.2. The summed E-state index contributed by atoms with van der Waals surface area (Å²) in [4.78, 5) is 12.1. The van der Waals surface area contributed by atoms with Gasteiger partial charge in [0.05, 0.1) is 11.3 Å². The number of ether oxygens (including phenoxy) is 1. The van der Waals surface area contributed by atoms with E-state index in [1.807, 2.05) is 26.0 Å². The van der Waals surface area contributed by atoms with Crippen molar-refractivity contribution in [3.8, 4) is 5.75 Å². The Morgan fingerprint density at radius 1 is 1.59 bits per heavy atom. The van der Waals surface area contributed by atoms with E-state index in [-0.39, 0.29) is 11.9 Å². The van der Waals surface area contributed by atoms with Crippen LogP contribution in [0.15, 0.2) is 18.2 Å². The van der Waals surface area contributed by atoms with Gasteiger partial charge in [0.25, 0.3) is 5.91 Å². The van der Waals surface area contributed by atoms with Crippen molar-refractivity contribution in [3.63, 3.8) is 0 Å². The van der Waals surface area contributed by atoms with Gasteiger partial charge >= 0.3 is 0 Å². The lowest BCUT2D eigenvalue weighted by atomic mass is 10.1. The minimum absolute atomic E-state index is 0.0695. The first kappa shape index (κ1) is 11.8. The van der Waals surface area contributed by atoms with Crippen molar-refractivity contribution >= 4 is 11.6 Å². The van der Waals surface area contributed by atoms with Crippen LogP contribution in [0.4, 0.5) is 5.69 Å². The molecule has 1 unspecified atom stereocenters. The number of carbonyl (C=O) groups excluding carboxylic acids is 1. The van der Waals surface area contributed by atoms with Crippen molar-refractivity contribution in [1.29, 1.82) is 0 Å². The fourth-order valence-corrected chi connectivity index (χ4v) is 1.75. The zero-order valence-electron chi connectivity index (χ0n) is 10.2. The highest BCUT2D eigenvalue weighted by molar-refractivity contribution is 5.99. The molecule has 1 aliphatic rings. The Kier molecular flexibility index (Phi) is 3.52. The molecule has 1 aromatic rings. The highest BCUT2D eigenvalue weighted by Gasteiger charge is 2.19. The maximum absolute atomic E-state index is 12.1. The van der Waals surface area contributed by atoms with Crippen molar-refractivity contribution in [2.75, 3.05) is 18.5 Å². The van der Waals surface area contributed by atoms with Crippen LogP contribution in [-0.2, 0) is 0 Å². The Hall–Kier alpha value is -1.71. The minimum atomic E-state index is -0.0695. The summed E-state index contributed by atoms with van der Waals surface area (Å²) in [6, 6.07) is 5.76. The summed E-state index contributed by atoms with van der Waals surface area (Å²) in [5.74, 6) is 0.597. The van der Waals surface area contributed by atoms with Crippen LogP contribution in [0.3, 0.4) is 0 Å². The van der Waals surface area contributed by atoms with E-state index in [0.29, 0.717) is 17.9 Å². The summed E-state index contributed by atoms with van der Waals surface area (Å²) < 4.78 is 5.57. The van der Waals surface area contributed by atoms with Crippen LogP contribution in [-0.4, -0.2) is 25.1 Å². The molecule has 0 aromatic heterocycles. The van der Waals surface area contributed by atoms with E-state index < -0.39 is 0 Å². The smallest absolute Gasteiger partial charge is 0.255 e. The number of anilines is 1. The number of rotatable bonds is 3. The van der Waals surface area contributed by atoms with Gasteiger partial charge in [-0.2, -0.15) is 0 Å². The highest BCUT2D eigenvalue weighted by atomic mass is 16.5. The topological polar surface area (TPSA) is 50.4 Å². The molecule has 4 heteroatoms. The predicted molar refractivity (Wildman–Crippen MR) is 67.6 cm³/mol. The first-order valence-corrected chi connectivity index (χ1v) is 6.03. The molecule has 4 nitrogen and oxygen atoms in total. The number of carbonyl (C=O) groups is 1. The van der Waals surface area contributed by atoms with E-state index in [1.165, 1.54) is 0 Å². The number of nitrogens with one attached hydrogen (secondary N) is 2. The summed E-state index contributed by atoms with van der Waals surface area (Å²) >= 11 is 0. The van der Waals surface area contributed by atoms with Gasteiger partial charge in [0.1, 0.15) is 6.61 Å². The van der Waals surface area contributed by atoms with E-state index >= 15 is 0 Å². The normalized spacial score (nSPS) is 15.2. The van der Waals surface area contributed by atoms with Gasteiger partial charge in [-0.25, -0.2) is 0 Å². The number of hydrogen-bond donors (Lipinski definition) is 2. The lowest BCUT2D eigenvalue weighted by molar-refractivity contribution is 0.0935. The summed E-state index contributed by atoms with van der Waals surface area (Å²) in [6.07, 6.45) is 0.917. The molecule has 1 heterocycles. The molecule has 1 atom stereocenters. The Morgan fingerprint density at radius 3 is 3.18 bits per heavy atom. The maximum atomic E-state index is 12.1. The first-order chi connectivity index (χ1) is 8.22. The van der Waals surface area contributed by atoms with Crippen molar-refractivity contribution in [2.24, 2.45) is 0 Å². The van der Waals surface area contributed by atoms with Crippen LogP contribution in [0.5, 0.6) is 5.75 Å². The van der Waals surface area contributed by atoms with Crippen molar-refractivity contribution in [3.05, 3.63) is 23.8 Å². The molecule has 0 saturated heterocycles. The third-order valence-electron chi connectivity index (χ3n) is 2.91. The second-order valence-electron chi connectivity index (χ2n) is 4.24. The summed E-state index contributed by atoms with van der Waals surface area (Å²) in [5.41, 5.74) is 1.50. The molecule has 0 saturated carbocycles. The molecule has 0 radical (unpaired) electrons. The second-order valence-corrected chi connectivity index (χ2v) is 4.24. The average molecular weight is 234 g/mol. The van der Waals surface area contributed by atoms with Crippen LogP contribution in [0.25, 0.3) is 0 Å². The molecule has 0 fully saturated rings. The number of hydrogen-bond acceptors (Lipinski definition) is 3. The Morgan fingerprint density at radius 2 is 2.41 bits per heavy atom. The van der Waals surface area contributed by atoms with Crippen LogP contribution < -0.4 is 15.4 Å². The van der Waals surface area contributed by atoms with Gasteiger partial charge in [-0.3, -0.25) is 4.79 Å². The first-order valence-electron chi connectivity index (χ1n) is 6.03. The fourth-order valence-electron chi connectivity index (χ4n) is 1.75. The fraction of sp³-hybridized carbons (Fsp3) is 0.462. The van der Waals surface area contributed by atoms with Gasteiger partial charge in [-0.15, -0.1) is 0 Å². The summed E-state index contributed by atoms with van der Waals surface area (Å²) in [6.45, 7) is 5.42. The quantitative estimate of drug-likeness (QED) is 0.841. The lowest BCUT2D eigenvalue weighted by Crippen LogP contribution is -2.33. The summed E-state index contributed by atoms with van der Waals surface area (Å²) in [5, 5.41) is 6.17. The minimum Gasteiger partial charge on any atom is -0.489 e. The van der Waals surface area contributed by atoms with Crippen molar-refractivity contribution in [1.82, 2.24) is 5.32 Å². The Labute approximate surface area is 101 Å². The molecule has 2 rings (SSSR count). The van der Waals surface area contributed by atoms with E-state index in [0.717, 1.165) is 18.7 Å². The van der Waals surface area contributed by atoms with E-state index in [9.17, 15) is 4.79 Å². The van der Waals surface area contributed by atoms with Gasteiger partial charge < -0.3 is 15.4 Å². The van der Waals surface area contributed by atoms with Crippen LogP contribution in [0.1, 0.15) is 30.6 Å². The second kappa shape index (κ2) is 5.08. The van der Waals surface area contributed by atoms with E-state index in [2.05, 4.69) is 10.6 Å². The predicted octanol–water partition coefficient (Wildman–Crippen LogP) is 2.02. The zero-order chi connectivity index (χ0) is 12.3. The molecule has 1 aliphatic heterocycles. The molecule has 17 heavy (non-hydrogen) atoms. The van der Waals surface area contributed by atoms with Crippen LogP contribution in [0, 0.1) is 0 Å². The standard InChI is InChI=1S/C13H18N2O2/c1-3-9(2)15-13(16)10-5-4-6-11-12(10)17-8-7-14-11/h4-6,9,14H,3,7-8H2,1-2H3,(H,15,16). The third-order valence-corrected chi connectivity index (χ3v) is 2.91. The molecule has 92 valence electrons. The SMILES string of the molecule is CCC(C)NC(=O)c1cccc2c1OCCN2.